The average molecular weight is 225 g/mol. The van der Waals surface area contributed by atoms with Crippen LogP contribution in [0.2, 0.25) is 0 Å². The van der Waals surface area contributed by atoms with Crippen molar-refractivity contribution in [3.63, 3.8) is 0 Å². The van der Waals surface area contributed by atoms with Gasteiger partial charge < -0.3 is 9.63 Å². The molecule has 16 heavy (non-hydrogen) atoms. The lowest BCUT2D eigenvalue weighted by molar-refractivity contribution is 0.220. The summed E-state index contributed by atoms with van der Waals surface area (Å²) < 4.78 is 5.20. The van der Waals surface area contributed by atoms with Crippen molar-refractivity contribution in [3.05, 3.63) is 11.7 Å². The third-order valence-corrected chi connectivity index (χ3v) is 2.86. The highest BCUT2D eigenvalue weighted by atomic mass is 16.5. The highest BCUT2D eigenvalue weighted by molar-refractivity contribution is 5.01. The van der Waals surface area contributed by atoms with Crippen LogP contribution in [0.15, 0.2) is 4.52 Å². The van der Waals surface area contributed by atoms with Crippen molar-refractivity contribution in [1.82, 2.24) is 15.0 Å². The van der Waals surface area contributed by atoms with Gasteiger partial charge in [-0.15, -0.1) is 0 Å². The summed E-state index contributed by atoms with van der Waals surface area (Å²) in [5.41, 5.74) is 0. The average Bonchev–Trinajstić information content (AvgIpc) is 3.05. The Balaban J connectivity index is 1.85. The Morgan fingerprint density at radius 3 is 2.94 bits per heavy atom. The lowest BCUT2D eigenvalue weighted by atomic mass is 10.3. The normalized spacial score (nSPS) is 15.9. The molecule has 1 fully saturated rings. The van der Waals surface area contributed by atoms with Crippen molar-refractivity contribution in [2.75, 3.05) is 19.7 Å². The molecule has 0 amide bonds. The predicted molar refractivity (Wildman–Crippen MR) is 58.9 cm³/mol. The second-order valence-electron chi connectivity index (χ2n) is 4.27. The molecular weight excluding hydrogens is 206 g/mol. The lowest BCUT2D eigenvalue weighted by Gasteiger charge is -2.17. The molecule has 0 radical (unpaired) electrons. The highest BCUT2D eigenvalue weighted by Crippen LogP contribution is 2.38. The SMILES string of the molecule is CCN(CCCO)Cc1noc(C2CC2)n1. The maximum absolute atomic E-state index is 8.79. The van der Waals surface area contributed by atoms with Gasteiger partial charge in [0.1, 0.15) is 0 Å². The van der Waals surface area contributed by atoms with E-state index in [1.807, 2.05) is 0 Å². The molecule has 0 unspecified atom stereocenters. The van der Waals surface area contributed by atoms with Crippen LogP contribution in [0.3, 0.4) is 0 Å². The van der Waals surface area contributed by atoms with Gasteiger partial charge in [-0.2, -0.15) is 4.98 Å². The van der Waals surface area contributed by atoms with E-state index in [9.17, 15) is 0 Å². The van der Waals surface area contributed by atoms with Gasteiger partial charge in [-0.1, -0.05) is 12.1 Å². The topological polar surface area (TPSA) is 62.4 Å². The van der Waals surface area contributed by atoms with Gasteiger partial charge in [0.05, 0.1) is 6.54 Å². The molecule has 0 atom stereocenters. The van der Waals surface area contributed by atoms with Gasteiger partial charge in [-0.3, -0.25) is 4.90 Å². The van der Waals surface area contributed by atoms with E-state index in [1.165, 1.54) is 12.8 Å². The summed E-state index contributed by atoms with van der Waals surface area (Å²) in [5.74, 6) is 2.09. The second-order valence-corrected chi connectivity index (χ2v) is 4.27. The van der Waals surface area contributed by atoms with Crippen molar-refractivity contribution in [2.45, 2.75) is 38.6 Å². The first kappa shape index (κ1) is 11.5. The summed E-state index contributed by atoms with van der Waals surface area (Å²) in [5, 5.41) is 12.8. The second kappa shape index (κ2) is 5.41. The molecule has 0 bridgehead atoms. The van der Waals surface area contributed by atoms with E-state index in [4.69, 9.17) is 9.63 Å². The zero-order valence-electron chi connectivity index (χ0n) is 9.72. The van der Waals surface area contributed by atoms with Crippen molar-refractivity contribution in [3.8, 4) is 0 Å². The van der Waals surface area contributed by atoms with Crippen molar-refractivity contribution in [2.24, 2.45) is 0 Å². The van der Waals surface area contributed by atoms with Crippen LogP contribution in [0.5, 0.6) is 0 Å². The van der Waals surface area contributed by atoms with Crippen LogP contribution < -0.4 is 0 Å². The highest BCUT2D eigenvalue weighted by Gasteiger charge is 2.29. The number of hydrogen-bond acceptors (Lipinski definition) is 5. The Bertz CT molecular complexity index is 323. The Morgan fingerprint density at radius 2 is 2.31 bits per heavy atom. The molecule has 0 spiro atoms. The first-order valence-electron chi connectivity index (χ1n) is 5.99. The van der Waals surface area contributed by atoms with Crippen LogP contribution in [-0.2, 0) is 6.54 Å². The fraction of sp³-hybridized carbons (Fsp3) is 0.818. The fourth-order valence-corrected chi connectivity index (χ4v) is 1.67. The minimum atomic E-state index is 0.232. The molecule has 5 nitrogen and oxygen atoms in total. The molecule has 1 aliphatic rings. The molecule has 1 aliphatic carbocycles. The number of nitrogens with zero attached hydrogens (tertiary/aromatic N) is 3. The maximum Gasteiger partial charge on any atom is 0.229 e. The van der Waals surface area contributed by atoms with Crippen LogP contribution in [-0.4, -0.2) is 39.8 Å². The molecule has 2 rings (SSSR count). The van der Waals surface area contributed by atoms with E-state index in [0.29, 0.717) is 12.5 Å². The molecule has 1 aromatic heterocycles. The maximum atomic E-state index is 8.79. The lowest BCUT2D eigenvalue weighted by Crippen LogP contribution is -2.25. The van der Waals surface area contributed by atoms with Crippen molar-refractivity contribution in [1.29, 1.82) is 0 Å². The Labute approximate surface area is 95.4 Å². The summed E-state index contributed by atoms with van der Waals surface area (Å²) in [6.07, 6.45) is 3.16. The summed E-state index contributed by atoms with van der Waals surface area (Å²) in [6.45, 7) is 4.86. The monoisotopic (exact) mass is 225 g/mol. The molecular formula is C11H19N3O2. The Hall–Kier alpha value is -0.940. The molecule has 5 heteroatoms. The third-order valence-electron chi connectivity index (χ3n) is 2.86. The van der Waals surface area contributed by atoms with Gasteiger partial charge in [0.25, 0.3) is 0 Å². The Kier molecular flexibility index (Phi) is 3.90. The van der Waals surface area contributed by atoms with Gasteiger partial charge in [0, 0.05) is 19.1 Å². The van der Waals surface area contributed by atoms with E-state index in [0.717, 1.165) is 31.2 Å². The molecule has 1 heterocycles. The Morgan fingerprint density at radius 1 is 1.50 bits per heavy atom. The summed E-state index contributed by atoms with van der Waals surface area (Å²) in [6, 6.07) is 0. The molecule has 1 saturated carbocycles. The van der Waals surface area contributed by atoms with Crippen LogP contribution in [0.1, 0.15) is 43.8 Å². The predicted octanol–water partition coefficient (Wildman–Crippen LogP) is 1.15. The van der Waals surface area contributed by atoms with Crippen LogP contribution in [0.4, 0.5) is 0 Å². The largest absolute Gasteiger partial charge is 0.396 e. The van der Waals surface area contributed by atoms with Crippen LogP contribution in [0, 0.1) is 0 Å². The van der Waals surface area contributed by atoms with E-state index in [2.05, 4.69) is 22.0 Å². The molecule has 1 N–H and O–H groups in total. The summed E-state index contributed by atoms with van der Waals surface area (Å²) in [4.78, 5) is 6.59. The van der Waals surface area contributed by atoms with E-state index < -0.39 is 0 Å². The summed E-state index contributed by atoms with van der Waals surface area (Å²) >= 11 is 0. The first-order valence-corrected chi connectivity index (χ1v) is 5.99. The van der Waals surface area contributed by atoms with Gasteiger partial charge in [-0.05, 0) is 25.8 Å². The zero-order valence-corrected chi connectivity index (χ0v) is 9.72. The number of aliphatic hydroxyl groups is 1. The zero-order chi connectivity index (χ0) is 11.4. The third kappa shape index (κ3) is 3.02. The fourth-order valence-electron chi connectivity index (χ4n) is 1.67. The number of aliphatic hydroxyl groups excluding tert-OH is 1. The van der Waals surface area contributed by atoms with E-state index >= 15 is 0 Å². The number of hydrogen-bond donors (Lipinski definition) is 1. The number of aromatic nitrogens is 2. The van der Waals surface area contributed by atoms with Crippen LogP contribution >= 0.6 is 0 Å². The molecule has 0 saturated heterocycles. The standard InChI is InChI=1S/C11H19N3O2/c1-2-14(6-3-7-15)8-10-12-11(16-13-10)9-4-5-9/h9,15H,2-8H2,1H3. The number of rotatable bonds is 7. The molecule has 1 aromatic rings. The van der Waals surface area contributed by atoms with Gasteiger partial charge in [0.15, 0.2) is 5.82 Å². The van der Waals surface area contributed by atoms with Gasteiger partial charge in [-0.25, -0.2) is 0 Å². The minimum Gasteiger partial charge on any atom is -0.396 e. The first-order chi connectivity index (χ1) is 7.83. The van der Waals surface area contributed by atoms with Crippen LogP contribution in [0.25, 0.3) is 0 Å². The van der Waals surface area contributed by atoms with E-state index in [-0.39, 0.29) is 6.61 Å². The summed E-state index contributed by atoms with van der Waals surface area (Å²) in [7, 11) is 0. The van der Waals surface area contributed by atoms with E-state index in [1.54, 1.807) is 0 Å². The smallest absolute Gasteiger partial charge is 0.229 e. The quantitative estimate of drug-likeness (QED) is 0.754. The minimum absolute atomic E-state index is 0.232. The molecule has 0 aliphatic heterocycles. The molecule has 0 aromatic carbocycles. The van der Waals surface area contributed by atoms with Gasteiger partial charge in [0.2, 0.25) is 5.89 Å². The molecule has 90 valence electrons. The van der Waals surface area contributed by atoms with Gasteiger partial charge >= 0.3 is 0 Å². The van der Waals surface area contributed by atoms with Crippen molar-refractivity contribution >= 4 is 0 Å². The van der Waals surface area contributed by atoms with Crippen molar-refractivity contribution < 1.29 is 9.63 Å².